The number of carbonyl (C=O) groups excluding carboxylic acids is 1. The summed E-state index contributed by atoms with van der Waals surface area (Å²) in [4.78, 5) is 14.8. The number of anilines is 1. The van der Waals surface area contributed by atoms with Gasteiger partial charge in [-0.2, -0.15) is 0 Å². The van der Waals surface area contributed by atoms with Crippen molar-refractivity contribution in [3.8, 4) is 0 Å². The van der Waals surface area contributed by atoms with Gasteiger partial charge in [-0.25, -0.2) is 0 Å². The van der Waals surface area contributed by atoms with E-state index in [1.165, 1.54) is 36.1 Å². The van der Waals surface area contributed by atoms with E-state index in [9.17, 15) is 4.79 Å². The van der Waals surface area contributed by atoms with Gasteiger partial charge in [0.1, 0.15) is 0 Å². The third-order valence-electron chi connectivity index (χ3n) is 4.64. The average molecular weight is 286 g/mol. The molecule has 3 nitrogen and oxygen atoms in total. The fraction of sp³-hybridized carbons (Fsp3) is 0.611. The molecule has 1 heterocycles. The average Bonchev–Trinajstić information content (AvgIpc) is 2.49. The Balaban J connectivity index is 1.87. The summed E-state index contributed by atoms with van der Waals surface area (Å²) in [5.74, 6) is 0.258. The third-order valence-corrected chi connectivity index (χ3v) is 4.64. The summed E-state index contributed by atoms with van der Waals surface area (Å²) in [7, 11) is 0. The van der Waals surface area contributed by atoms with E-state index in [1.54, 1.807) is 0 Å². The number of hydrogen-bond acceptors (Lipinski definition) is 2. The topological polar surface area (TPSA) is 32.3 Å². The predicted octanol–water partition coefficient (Wildman–Crippen LogP) is 3.06. The number of nitrogens with one attached hydrogen (secondary N) is 1. The predicted molar refractivity (Wildman–Crippen MR) is 86.7 cm³/mol. The quantitative estimate of drug-likeness (QED) is 0.926. The summed E-state index contributed by atoms with van der Waals surface area (Å²) in [6.07, 6.45) is 6.86. The van der Waals surface area contributed by atoms with Gasteiger partial charge in [0.05, 0.1) is 6.04 Å². The Bertz CT molecular complexity index is 524. The monoisotopic (exact) mass is 286 g/mol. The van der Waals surface area contributed by atoms with Crippen molar-refractivity contribution in [1.82, 2.24) is 5.32 Å². The standard InChI is InChI=1S/C18H26N2O/c1-13(2)19-16-10-6-12-20(18(16)21)17-11-5-8-14-7-3-4-9-15(14)17/h5,8,11,13,16,19H,3-4,6-7,9-10,12H2,1-2H3. The van der Waals surface area contributed by atoms with E-state index in [2.05, 4.69) is 37.4 Å². The summed E-state index contributed by atoms with van der Waals surface area (Å²) in [5.41, 5.74) is 4.04. The molecule has 3 heteroatoms. The van der Waals surface area contributed by atoms with Crippen molar-refractivity contribution in [1.29, 1.82) is 0 Å². The van der Waals surface area contributed by atoms with E-state index in [4.69, 9.17) is 0 Å². The van der Waals surface area contributed by atoms with Gasteiger partial charge in [0, 0.05) is 18.3 Å². The molecule has 1 amide bonds. The van der Waals surface area contributed by atoms with Crippen LogP contribution in [0.15, 0.2) is 18.2 Å². The Morgan fingerprint density at radius 2 is 2.00 bits per heavy atom. The van der Waals surface area contributed by atoms with Crippen LogP contribution >= 0.6 is 0 Å². The van der Waals surface area contributed by atoms with E-state index in [0.717, 1.165) is 25.8 Å². The molecule has 1 aliphatic heterocycles. The lowest BCUT2D eigenvalue weighted by Crippen LogP contribution is -2.52. The van der Waals surface area contributed by atoms with Gasteiger partial charge in [-0.15, -0.1) is 0 Å². The van der Waals surface area contributed by atoms with E-state index in [-0.39, 0.29) is 11.9 Å². The maximum absolute atomic E-state index is 12.8. The Labute approximate surface area is 127 Å². The minimum atomic E-state index is -0.0156. The first-order valence-electron chi connectivity index (χ1n) is 8.35. The number of amides is 1. The molecule has 0 spiro atoms. The zero-order valence-corrected chi connectivity index (χ0v) is 13.2. The number of rotatable bonds is 3. The maximum atomic E-state index is 12.8. The fourth-order valence-electron chi connectivity index (χ4n) is 3.69. The summed E-state index contributed by atoms with van der Waals surface area (Å²) in [5, 5.41) is 3.42. The van der Waals surface area contributed by atoms with Gasteiger partial charge in [0.25, 0.3) is 0 Å². The lowest BCUT2D eigenvalue weighted by atomic mass is 9.89. The molecule has 21 heavy (non-hydrogen) atoms. The number of carbonyl (C=O) groups is 1. The number of nitrogens with zero attached hydrogens (tertiary/aromatic N) is 1. The Morgan fingerprint density at radius 3 is 2.81 bits per heavy atom. The summed E-state index contributed by atoms with van der Waals surface area (Å²) < 4.78 is 0. The zero-order chi connectivity index (χ0) is 14.8. The molecular weight excluding hydrogens is 260 g/mol. The van der Waals surface area contributed by atoms with Gasteiger partial charge in [-0.3, -0.25) is 4.79 Å². The lowest BCUT2D eigenvalue weighted by Gasteiger charge is -2.35. The highest BCUT2D eigenvalue weighted by Gasteiger charge is 2.31. The van der Waals surface area contributed by atoms with Crippen molar-refractivity contribution in [2.45, 2.75) is 64.5 Å². The highest BCUT2D eigenvalue weighted by molar-refractivity contribution is 5.98. The molecule has 1 aromatic carbocycles. The van der Waals surface area contributed by atoms with Gasteiger partial charge in [-0.1, -0.05) is 26.0 Å². The van der Waals surface area contributed by atoms with Gasteiger partial charge in [0.2, 0.25) is 5.91 Å². The number of hydrogen-bond donors (Lipinski definition) is 1. The molecule has 1 aliphatic carbocycles. The highest BCUT2D eigenvalue weighted by Crippen LogP contribution is 2.32. The van der Waals surface area contributed by atoms with Crippen molar-refractivity contribution < 1.29 is 4.79 Å². The van der Waals surface area contributed by atoms with E-state index in [1.807, 2.05) is 4.90 Å². The molecule has 2 aliphatic rings. The first kappa shape index (κ1) is 14.6. The molecule has 1 atom stereocenters. The van der Waals surface area contributed by atoms with Crippen LogP contribution in [0.25, 0.3) is 0 Å². The van der Waals surface area contributed by atoms with Crippen molar-refractivity contribution in [3.05, 3.63) is 29.3 Å². The van der Waals surface area contributed by atoms with Gasteiger partial charge in [-0.05, 0) is 55.7 Å². The minimum Gasteiger partial charge on any atom is -0.311 e. The van der Waals surface area contributed by atoms with E-state index < -0.39 is 0 Å². The molecule has 114 valence electrons. The summed E-state index contributed by atoms with van der Waals surface area (Å²) in [6.45, 7) is 5.08. The van der Waals surface area contributed by atoms with Crippen molar-refractivity contribution in [3.63, 3.8) is 0 Å². The second kappa shape index (κ2) is 6.18. The molecule has 1 aromatic rings. The smallest absolute Gasteiger partial charge is 0.244 e. The molecule has 0 aromatic heterocycles. The second-order valence-corrected chi connectivity index (χ2v) is 6.63. The maximum Gasteiger partial charge on any atom is 0.244 e. The molecule has 3 rings (SSSR count). The first-order chi connectivity index (χ1) is 10.2. The molecule has 1 unspecified atom stereocenters. The van der Waals surface area contributed by atoms with Crippen LogP contribution in [-0.4, -0.2) is 24.5 Å². The van der Waals surface area contributed by atoms with Crippen LogP contribution in [-0.2, 0) is 17.6 Å². The van der Waals surface area contributed by atoms with Gasteiger partial charge in [0.15, 0.2) is 0 Å². The number of fused-ring (bicyclic) bond motifs is 1. The minimum absolute atomic E-state index is 0.0156. The zero-order valence-electron chi connectivity index (χ0n) is 13.2. The lowest BCUT2D eigenvalue weighted by molar-refractivity contribution is -0.121. The van der Waals surface area contributed by atoms with Crippen molar-refractivity contribution in [2.24, 2.45) is 0 Å². The van der Waals surface area contributed by atoms with Crippen LogP contribution in [0.1, 0.15) is 50.7 Å². The molecule has 1 saturated heterocycles. The van der Waals surface area contributed by atoms with Crippen LogP contribution < -0.4 is 10.2 Å². The molecule has 0 bridgehead atoms. The normalized spacial score (nSPS) is 22.5. The van der Waals surface area contributed by atoms with E-state index in [0.29, 0.717) is 6.04 Å². The van der Waals surface area contributed by atoms with Crippen molar-refractivity contribution in [2.75, 3.05) is 11.4 Å². The van der Waals surface area contributed by atoms with Crippen LogP contribution in [0.4, 0.5) is 5.69 Å². The molecule has 1 N–H and O–H groups in total. The largest absolute Gasteiger partial charge is 0.311 e. The SMILES string of the molecule is CC(C)NC1CCCN(c2cccc3c2CCCC3)C1=O. The number of piperidine rings is 1. The molecule has 0 radical (unpaired) electrons. The summed E-state index contributed by atoms with van der Waals surface area (Å²) in [6, 6.07) is 6.82. The van der Waals surface area contributed by atoms with Gasteiger partial charge >= 0.3 is 0 Å². The molecular formula is C18H26N2O. The molecule has 1 fully saturated rings. The Hall–Kier alpha value is -1.35. The Morgan fingerprint density at radius 1 is 1.19 bits per heavy atom. The van der Waals surface area contributed by atoms with Gasteiger partial charge < -0.3 is 10.2 Å². The van der Waals surface area contributed by atoms with Crippen LogP contribution in [0.3, 0.4) is 0 Å². The first-order valence-corrected chi connectivity index (χ1v) is 8.35. The number of benzene rings is 1. The van der Waals surface area contributed by atoms with Crippen LogP contribution in [0.5, 0.6) is 0 Å². The third kappa shape index (κ3) is 2.98. The Kier molecular flexibility index (Phi) is 4.29. The second-order valence-electron chi connectivity index (χ2n) is 6.63. The number of aryl methyl sites for hydroxylation is 1. The molecule has 0 saturated carbocycles. The van der Waals surface area contributed by atoms with E-state index >= 15 is 0 Å². The van der Waals surface area contributed by atoms with Crippen molar-refractivity contribution >= 4 is 11.6 Å². The summed E-state index contributed by atoms with van der Waals surface area (Å²) >= 11 is 0. The van der Waals surface area contributed by atoms with Crippen LogP contribution in [0.2, 0.25) is 0 Å². The van der Waals surface area contributed by atoms with Crippen LogP contribution in [0, 0.1) is 0 Å². The fourth-order valence-corrected chi connectivity index (χ4v) is 3.69. The highest BCUT2D eigenvalue weighted by atomic mass is 16.2.